The molecule has 31 heavy (non-hydrogen) atoms. The molecule has 0 aromatic carbocycles. The number of carbonyl (C=O) groups is 2. The molecule has 4 heterocycles. The summed E-state index contributed by atoms with van der Waals surface area (Å²) < 4.78 is 41.2. The smallest absolute Gasteiger partial charge is 0.324 e. The molecule has 0 bridgehead atoms. The van der Waals surface area contributed by atoms with Crippen LogP contribution in [0.25, 0.3) is 16.2 Å². The lowest BCUT2D eigenvalue weighted by molar-refractivity contribution is -0.169. The fourth-order valence-electron chi connectivity index (χ4n) is 3.62. The second-order valence-corrected chi connectivity index (χ2v) is 8.69. The standard InChI is InChI=1S/C19H17F3N6O2S/c20-19(21,22)13-2-1-5-28(13)18(30)17-24-6-12(31-17)11-8-27-9-14(25-15(27)7-23-11)26-16(29)10-3-4-10/h6-10,13H,1-5H2,(H,26,29)/t13-/m1/s1. The number of aromatic nitrogens is 4. The molecule has 0 radical (unpaired) electrons. The number of hydrogen-bond acceptors (Lipinski definition) is 6. The summed E-state index contributed by atoms with van der Waals surface area (Å²) in [6, 6.07) is -1.77. The summed E-state index contributed by atoms with van der Waals surface area (Å²) in [5.41, 5.74) is 1.02. The number of imidazole rings is 1. The summed E-state index contributed by atoms with van der Waals surface area (Å²) >= 11 is 0.996. The van der Waals surface area contributed by atoms with Gasteiger partial charge in [-0.2, -0.15) is 13.2 Å². The highest BCUT2D eigenvalue weighted by Gasteiger charge is 2.48. The number of anilines is 1. The van der Waals surface area contributed by atoms with Crippen molar-refractivity contribution in [3.8, 4) is 10.6 Å². The quantitative estimate of drug-likeness (QED) is 0.658. The lowest BCUT2D eigenvalue weighted by atomic mass is 10.2. The summed E-state index contributed by atoms with van der Waals surface area (Å²) in [5.74, 6) is -0.298. The van der Waals surface area contributed by atoms with Crippen LogP contribution in [0.1, 0.15) is 35.5 Å². The third-order valence-corrected chi connectivity index (χ3v) is 6.38. The first-order valence-electron chi connectivity index (χ1n) is 9.79. The number of likely N-dealkylation sites (tertiary alicyclic amines) is 1. The molecule has 3 aromatic rings. The molecule has 2 aliphatic rings. The van der Waals surface area contributed by atoms with Gasteiger partial charge in [-0.25, -0.2) is 15.0 Å². The summed E-state index contributed by atoms with van der Waals surface area (Å²) in [6.07, 6.45) is 3.82. The van der Waals surface area contributed by atoms with Crippen molar-refractivity contribution in [2.45, 2.75) is 37.9 Å². The number of alkyl halides is 3. The molecule has 3 aromatic heterocycles. The number of nitrogens with one attached hydrogen (secondary N) is 1. The van der Waals surface area contributed by atoms with Gasteiger partial charge in [0.2, 0.25) is 5.91 Å². The van der Waals surface area contributed by atoms with Gasteiger partial charge in [0, 0.05) is 24.9 Å². The van der Waals surface area contributed by atoms with E-state index in [1.165, 1.54) is 12.4 Å². The Morgan fingerprint density at radius 2 is 1.94 bits per heavy atom. The molecule has 0 spiro atoms. The Labute approximate surface area is 178 Å². The Balaban J connectivity index is 1.36. The normalized spacial score (nSPS) is 19.2. The lowest BCUT2D eigenvalue weighted by Gasteiger charge is -2.25. The van der Waals surface area contributed by atoms with Crippen LogP contribution in [0.2, 0.25) is 0 Å². The SMILES string of the molecule is O=C(Nc1cn2cc(-c3cnc(C(=O)N4CCC[C@@H]4C(F)(F)F)s3)ncc2n1)C1CC1. The van der Waals surface area contributed by atoms with Crippen LogP contribution in [0.15, 0.2) is 24.8 Å². The van der Waals surface area contributed by atoms with Crippen molar-refractivity contribution < 1.29 is 22.8 Å². The van der Waals surface area contributed by atoms with Crippen molar-refractivity contribution in [1.82, 2.24) is 24.3 Å². The van der Waals surface area contributed by atoms with Gasteiger partial charge in [-0.15, -0.1) is 11.3 Å². The van der Waals surface area contributed by atoms with Crippen LogP contribution in [0.3, 0.4) is 0 Å². The molecule has 5 rings (SSSR count). The van der Waals surface area contributed by atoms with Crippen molar-refractivity contribution in [2.24, 2.45) is 5.92 Å². The molecule has 1 saturated carbocycles. The number of fused-ring (bicyclic) bond motifs is 1. The second-order valence-electron chi connectivity index (χ2n) is 7.66. The minimum Gasteiger partial charge on any atom is -0.324 e. The van der Waals surface area contributed by atoms with Gasteiger partial charge >= 0.3 is 6.18 Å². The fourth-order valence-corrected chi connectivity index (χ4v) is 4.46. The van der Waals surface area contributed by atoms with Crippen LogP contribution in [0.4, 0.5) is 19.0 Å². The van der Waals surface area contributed by atoms with Crippen molar-refractivity contribution in [3.63, 3.8) is 0 Å². The van der Waals surface area contributed by atoms with Crippen molar-refractivity contribution in [1.29, 1.82) is 0 Å². The zero-order valence-corrected chi connectivity index (χ0v) is 16.9. The van der Waals surface area contributed by atoms with Gasteiger partial charge in [0.1, 0.15) is 6.04 Å². The minimum absolute atomic E-state index is 0.00364. The highest BCUT2D eigenvalue weighted by molar-refractivity contribution is 7.16. The molecule has 1 saturated heterocycles. The van der Waals surface area contributed by atoms with E-state index in [-0.39, 0.29) is 29.8 Å². The molecule has 2 amide bonds. The Morgan fingerprint density at radius 3 is 2.68 bits per heavy atom. The Morgan fingerprint density at radius 1 is 1.13 bits per heavy atom. The van der Waals surface area contributed by atoms with E-state index in [0.29, 0.717) is 28.5 Å². The van der Waals surface area contributed by atoms with Gasteiger partial charge in [0.15, 0.2) is 16.5 Å². The predicted molar refractivity (Wildman–Crippen MR) is 106 cm³/mol. The number of halogens is 3. The maximum Gasteiger partial charge on any atom is 0.408 e. The number of hydrogen-bond donors (Lipinski definition) is 1. The van der Waals surface area contributed by atoms with Crippen molar-refractivity contribution in [2.75, 3.05) is 11.9 Å². The topological polar surface area (TPSA) is 92.5 Å². The number of rotatable bonds is 4. The largest absolute Gasteiger partial charge is 0.408 e. The van der Waals surface area contributed by atoms with Crippen LogP contribution in [0, 0.1) is 5.92 Å². The van der Waals surface area contributed by atoms with Gasteiger partial charge in [0.05, 0.1) is 23.0 Å². The average Bonchev–Trinajstić information content (AvgIpc) is 3.13. The Kier molecular flexibility index (Phi) is 4.68. The number of amides is 2. The third kappa shape index (κ3) is 3.87. The van der Waals surface area contributed by atoms with Gasteiger partial charge < -0.3 is 14.6 Å². The monoisotopic (exact) mass is 450 g/mol. The molecule has 2 fully saturated rings. The summed E-state index contributed by atoms with van der Waals surface area (Å²) in [6.45, 7) is 0.0620. The van der Waals surface area contributed by atoms with E-state index in [2.05, 4.69) is 20.3 Å². The zero-order chi connectivity index (χ0) is 21.8. The van der Waals surface area contributed by atoms with Crippen LogP contribution < -0.4 is 5.32 Å². The van der Waals surface area contributed by atoms with E-state index in [1.807, 2.05) is 0 Å². The Hall–Kier alpha value is -3.02. The van der Waals surface area contributed by atoms with E-state index in [4.69, 9.17) is 0 Å². The third-order valence-electron chi connectivity index (χ3n) is 5.37. The van der Waals surface area contributed by atoms with Gasteiger partial charge in [-0.1, -0.05) is 0 Å². The van der Waals surface area contributed by atoms with E-state index in [1.54, 1.807) is 16.8 Å². The van der Waals surface area contributed by atoms with E-state index in [0.717, 1.165) is 29.1 Å². The van der Waals surface area contributed by atoms with Gasteiger partial charge in [-0.3, -0.25) is 9.59 Å². The number of carbonyl (C=O) groups excluding carboxylic acids is 2. The molecular weight excluding hydrogens is 433 g/mol. The molecular formula is C19H17F3N6O2S. The summed E-state index contributed by atoms with van der Waals surface area (Å²) in [7, 11) is 0. The second kappa shape index (κ2) is 7.29. The number of thiazole rings is 1. The Bertz CT molecular complexity index is 1170. The van der Waals surface area contributed by atoms with Gasteiger partial charge in [0.25, 0.3) is 5.91 Å². The van der Waals surface area contributed by atoms with Gasteiger partial charge in [-0.05, 0) is 25.7 Å². The summed E-state index contributed by atoms with van der Waals surface area (Å²) in [5, 5.41) is 2.76. The molecule has 162 valence electrons. The zero-order valence-electron chi connectivity index (χ0n) is 16.1. The van der Waals surface area contributed by atoms with Crippen LogP contribution in [-0.2, 0) is 4.79 Å². The van der Waals surface area contributed by atoms with Crippen LogP contribution >= 0.6 is 11.3 Å². The first-order valence-corrected chi connectivity index (χ1v) is 10.6. The number of nitrogens with zero attached hydrogens (tertiary/aromatic N) is 5. The maximum atomic E-state index is 13.2. The molecule has 1 N–H and O–H groups in total. The molecule has 12 heteroatoms. The van der Waals surface area contributed by atoms with E-state index in [9.17, 15) is 22.8 Å². The average molecular weight is 450 g/mol. The summed E-state index contributed by atoms with van der Waals surface area (Å²) in [4.78, 5) is 38.6. The molecule has 0 unspecified atom stereocenters. The molecule has 1 aliphatic carbocycles. The van der Waals surface area contributed by atoms with Crippen molar-refractivity contribution in [3.05, 3.63) is 29.8 Å². The van der Waals surface area contributed by atoms with E-state index < -0.39 is 18.1 Å². The van der Waals surface area contributed by atoms with Crippen LogP contribution in [-0.4, -0.2) is 54.8 Å². The molecule has 1 aliphatic heterocycles. The van der Waals surface area contributed by atoms with E-state index >= 15 is 0 Å². The first kappa shape index (κ1) is 19.9. The fraction of sp³-hybridized carbons (Fsp3) is 0.421. The lowest BCUT2D eigenvalue weighted by Crippen LogP contribution is -2.44. The highest BCUT2D eigenvalue weighted by atomic mass is 32.1. The molecule has 8 nitrogen and oxygen atoms in total. The minimum atomic E-state index is -4.45. The van der Waals surface area contributed by atoms with Crippen LogP contribution in [0.5, 0.6) is 0 Å². The predicted octanol–water partition coefficient (Wildman–Crippen LogP) is 3.37. The maximum absolute atomic E-state index is 13.2. The first-order chi connectivity index (χ1) is 14.8. The van der Waals surface area contributed by atoms with Crippen molar-refractivity contribution >= 4 is 34.6 Å². The highest BCUT2D eigenvalue weighted by Crippen LogP contribution is 2.35. The molecule has 1 atom stereocenters.